The molecule has 1 N–H and O–H groups in total. The zero-order valence-corrected chi connectivity index (χ0v) is 16.4. The number of nitrogens with zero attached hydrogens (tertiary/aromatic N) is 1. The summed E-state index contributed by atoms with van der Waals surface area (Å²) in [6.07, 6.45) is 0. The van der Waals surface area contributed by atoms with Crippen LogP contribution < -0.4 is 10.7 Å². The normalized spacial score (nSPS) is 15.9. The molecule has 2 aromatic carbocycles. The van der Waals surface area contributed by atoms with Gasteiger partial charge < -0.3 is 14.5 Å². The van der Waals surface area contributed by atoms with E-state index in [1.807, 2.05) is 31.2 Å². The van der Waals surface area contributed by atoms with Crippen LogP contribution in [0.15, 0.2) is 63.8 Å². The van der Waals surface area contributed by atoms with Crippen molar-refractivity contribution in [1.82, 2.24) is 10.2 Å². The van der Waals surface area contributed by atoms with Crippen LogP contribution in [0.25, 0.3) is 11.0 Å². The molecule has 1 aliphatic heterocycles. The number of aryl methyl sites for hydroxylation is 1. The first-order valence-electron chi connectivity index (χ1n) is 9.81. The maximum Gasteiger partial charge on any atom is 0.287 e. The summed E-state index contributed by atoms with van der Waals surface area (Å²) in [5.74, 6) is -0.362. The number of nitrogens with one attached hydrogen (secondary N) is 1. The Morgan fingerprint density at radius 1 is 1.10 bits per heavy atom. The minimum atomic E-state index is -0.390. The molecule has 1 aliphatic rings. The van der Waals surface area contributed by atoms with Gasteiger partial charge in [-0.15, -0.1) is 0 Å². The Labute approximate surface area is 169 Å². The van der Waals surface area contributed by atoms with Gasteiger partial charge in [-0.3, -0.25) is 14.5 Å². The van der Waals surface area contributed by atoms with Gasteiger partial charge in [-0.25, -0.2) is 0 Å². The van der Waals surface area contributed by atoms with E-state index in [4.69, 9.17) is 9.15 Å². The first kappa shape index (κ1) is 19.4. The van der Waals surface area contributed by atoms with E-state index in [-0.39, 0.29) is 17.2 Å². The molecule has 29 heavy (non-hydrogen) atoms. The van der Waals surface area contributed by atoms with Crippen molar-refractivity contribution in [1.29, 1.82) is 0 Å². The number of amides is 1. The Kier molecular flexibility index (Phi) is 5.74. The maximum absolute atomic E-state index is 12.7. The van der Waals surface area contributed by atoms with Crippen LogP contribution in [0.3, 0.4) is 0 Å². The molecule has 150 valence electrons. The van der Waals surface area contributed by atoms with Crippen molar-refractivity contribution in [3.63, 3.8) is 0 Å². The van der Waals surface area contributed by atoms with Crippen LogP contribution in [0.1, 0.15) is 27.7 Å². The van der Waals surface area contributed by atoms with Gasteiger partial charge in [-0.2, -0.15) is 0 Å². The van der Waals surface area contributed by atoms with Crippen LogP contribution in [0.4, 0.5) is 0 Å². The molecule has 1 aromatic heterocycles. The lowest BCUT2D eigenvalue weighted by atomic mass is 10.0. The Balaban J connectivity index is 1.54. The summed E-state index contributed by atoms with van der Waals surface area (Å²) in [6, 6.07) is 16.7. The molecule has 1 atom stereocenters. The van der Waals surface area contributed by atoms with Crippen molar-refractivity contribution < 1.29 is 13.9 Å². The van der Waals surface area contributed by atoms with Gasteiger partial charge in [0.25, 0.3) is 5.91 Å². The summed E-state index contributed by atoms with van der Waals surface area (Å²) in [4.78, 5) is 27.4. The van der Waals surface area contributed by atoms with Crippen molar-refractivity contribution in [2.45, 2.75) is 13.0 Å². The second-order valence-electron chi connectivity index (χ2n) is 7.26. The minimum absolute atomic E-state index is 0.0267. The van der Waals surface area contributed by atoms with Crippen LogP contribution in [0, 0.1) is 6.92 Å². The predicted molar refractivity (Wildman–Crippen MR) is 111 cm³/mol. The topological polar surface area (TPSA) is 71.8 Å². The number of hydrogen-bond donors (Lipinski definition) is 1. The number of benzene rings is 2. The molecule has 0 bridgehead atoms. The van der Waals surface area contributed by atoms with E-state index in [9.17, 15) is 9.59 Å². The zero-order chi connectivity index (χ0) is 20.2. The third kappa shape index (κ3) is 4.39. The van der Waals surface area contributed by atoms with E-state index in [2.05, 4.69) is 22.3 Å². The lowest BCUT2D eigenvalue weighted by Gasteiger charge is -2.34. The van der Waals surface area contributed by atoms with E-state index in [1.165, 1.54) is 6.07 Å². The van der Waals surface area contributed by atoms with Gasteiger partial charge in [0.1, 0.15) is 5.58 Å². The van der Waals surface area contributed by atoms with Crippen LogP contribution in [0.2, 0.25) is 0 Å². The summed E-state index contributed by atoms with van der Waals surface area (Å²) >= 11 is 0. The first-order chi connectivity index (χ1) is 14.1. The smallest absolute Gasteiger partial charge is 0.287 e. The third-order valence-corrected chi connectivity index (χ3v) is 5.23. The second-order valence-corrected chi connectivity index (χ2v) is 7.26. The molecule has 1 saturated heterocycles. The number of hydrogen-bond acceptors (Lipinski definition) is 5. The highest BCUT2D eigenvalue weighted by Gasteiger charge is 2.24. The molecule has 0 aliphatic carbocycles. The van der Waals surface area contributed by atoms with Crippen LogP contribution in [-0.2, 0) is 4.74 Å². The molecule has 4 rings (SSSR count). The molecule has 1 amide bonds. The maximum atomic E-state index is 12.7. The van der Waals surface area contributed by atoms with Gasteiger partial charge in [-0.05, 0) is 24.6 Å². The summed E-state index contributed by atoms with van der Waals surface area (Å²) in [5.41, 5.74) is 2.30. The highest BCUT2D eigenvalue weighted by atomic mass is 16.5. The molecule has 2 heterocycles. The quantitative estimate of drug-likeness (QED) is 0.723. The van der Waals surface area contributed by atoms with Crippen LogP contribution >= 0.6 is 0 Å². The van der Waals surface area contributed by atoms with Gasteiger partial charge in [0.2, 0.25) is 0 Å². The van der Waals surface area contributed by atoms with Gasteiger partial charge in [-0.1, -0.05) is 42.0 Å². The van der Waals surface area contributed by atoms with Crippen molar-refractivity contribution in [2.24, 2.45) is 0 Å². The van der Waals surface area contributed by atoms with E-state index >= 15 is 0 Å². The number of carbonyl (C=O) groups is 1. The minimum Gasteiger partial charge on any atom is -0.451 e. The highest BCUT2D eigenvalue weighted by Crippen LogP contribution is 2.21. The van der Waals surface area contributed by atoms with Gasteiger partial charge in [0.15, 0.2) is 11.2 Å². The van der Waals surface area contributed by atoms with Gasteiger partial charge in [0, 0.05) is 25.7 Å². The second kappa shape index (κ2) is 8.59. The van der Waals surface area contributed by atoms with Crippen molar-refractivity contribution >= 4 is 16.9 Å². The van der Waals surface area contributed by atoms with Gasteiger partial charge in [0.05, 0.1) is 24.6 Å². The first-order valence-corrected chi connectivity index (χ1v) is 9.81. The summed E-state index contributed by atoms with van der Waals surface area (Å²) < 4.78 is 11.2. The van der Waals surface area contributed by atoms with E-state index in [0.29, 0.717) is 30.7 Å². The van der Waals surface area contributed by atoms with Crippen molar-refractivity contribution in [2.75, 3.05) is 32.8 Å². The Bertz CT molecular complexity index is 1060. The largest absolute Gasteiger partial charge is 0.451 e. The average Bonchev–Trinajstić information content (AvgIpc) is 2.75. The monoisotopic (exact) mass is 392 g/mol. The zero-order valence-electron chi connectivity index (χ0n) is 16.4. The molecular weight excluding hydrogens is 368 g/mol. The molecule has 0 spiro atoms. The lowest BCUT2D eigenvalue weighted by Crippen LogP contribution is -2.43. The number of rotatable bonds is 5. The number of fused-ring (bicyclic) bond motifs is 1. The Morgan fingerprint density at radius 3 is 2.62 bits per heavy atom. The fraction of sp³-hybridized carbons (Fsp3) is 0.304. The summed E-state index contributed by atoms with van der Waals surface area (Å²) in [7, 11) is 0. The van der Waals surface area contributed by atoms with Crippen molar-refractivity contribution in [3.8, 4) is 0 Å². The molecule has 3 aromatic rings. The molecular formula is C23H24N2O4. The molecule has 6 heteroatoms. The van der Waals surface area contributed by atoms with Crippen LogP contribution in [0.5, 0.6) is 0 Å². The molecule has 0 radical (unpaired) electrons. The Hall–Kier alpha value is -2.96. The molecule has 0 unspecified atom stereocenters. The summed E-state index contributed by atoms with van der Waals surface area (Å²) in [6.45, 7) is 5.29. The van der Waals surface area contributed by atoms with Gasteiger partial charge >= 0.3 is 0 Å². The Morgan fingerprint density at radius 2 is 1.86 bits per heavy atom. The summed E-state index contributed by atoms with van der Waals surface area (Å²) in [5, 5.41) is 3.43. The van der Waals surface area contributed by atoms with E-state index in [0.717, 1.165) is 24.2 Å². The molecule has 6 nitrogen and oxygen atoms in total. The van der Waals surface area contributed by atoms with E-state index < -0.39 is 5.91 Å². The highest BCUT2D eigenvalue weighted by molar-refractivity contribution is 5.93. The fourth-order valence-corrected chi connectivity index (χ4v) is 3.68. The van der Waals surface area contributed by atoms with Crippen LogP contribution in [-0.4, -0.2) is 43.7 Å². The standard InChI is InChI=1S/C23H24N2O4/c1-16-7-8-21-18(13-16)20(26)14-22(29-21)23(27)24-15-19(17-5-3-2-4-6-17)25-9-11-28-12-10-25/h2-8,13-14,19H,9-12,15H2,1H3,(H,24,27)/t19-/m0/s1. The number of ether oxygens (including phenoxy) is 1. The predicted octanol–water partition coefficient (Wildman–Crippen LogP) is 2.90. The van der Waals surface area contributed by atoms with Crippen molar-refractivity contribution in [3.05, 3.63) is 81.7 Å². The van der Waals surface area contributed by atoms with E-state index in [1.54, 1.807) is 12.1 Å². The molecule has 0 saturated carbocycles. The fourth-order valence-electron chi connectivity index (χ4n) is 3.68. The lowest BCUT2D eigenvalue weighted by molar-refractivity contribution is 0.0161. The third-order valence-electron chi connectivity index (χ3n) is 5.23. The SMILES string of the molecule is Cc1ccc2oc(C(=O)NC[C@@H](c3ccccc3)N3CCOCC3)cc(=O)c2c1. The number of morpholine rings is 1. The molecule has 1 fully saturated rings. The number of carbonyl (C=O) groups excluding carboxylic acids is 1. The average molecular weight is 392 g/mol.